The van der Waals surface area contributed by atoms with E-state index in [4.69, 9.17) is 0 Å². The molecule has 0 radical (unpaired) electrons. The Hall–Kier alpha value is 0.0462. The summed E-state index contributed by atoms with van der Waals surface area (Å²) in [5.74, 6) is 0. The summed E-state index contributed by atoms with van der Waals surface area (Å²) in [6.07, 6.45) is -10.0. The number of hydrogen-bond donors (Lipinski definition) is 0. The molecule has 0 atom stereocenters. The largest absolute Gasteiger partial charge is 2.00 e. The van der Waals surface area contributed by atoms with E-state index < -0.39 is 23.5 Å². The van der Waals surface area contributed by atoms with Gasteiger partial charge in [-0.3, -0.25) is 0 Å². The third kappa shape index (κ3) is 4.50. The van der Waals surface area contributed by atoms with Crippen molar-refractivity contribution in [3.05, 3.63) is 35.4 Å². The molecule has 0 nitrogen and oxygen atoms in total. The van der Waals surface area contributed by atoms with Crippen molar-refractivity contribution < 1.29 is 43.3 Å². The fraction of sp³-hybridized carbons (Fsp3) is 0.250. The number of alkyl halides is 6. The van der Waals surface area contributed by atoms with Crippen LogP contribution in [-0.2, 0) is 12.4 Å². The summed E-state index contributed by atoms with van der Waals surface area (Å²) in [5.41, 5.74) is -3.50. The van der Waals surface area contributed by atoms with Crippen molar-refractivity contribution in [2.75, 3.05) is 0 Å². The topological polar surface area (TPSA) is 0 Å². The summed E-state index contributed by atoms with van der Waals surface area (Å²) in [7, 11) is 0. The van der Waals surface area contributed by atoms with Gasteiger partial charge in [0.25, 0.3) is 0 Å². The van der Waals surface area contributed by atoms with Crippen LogP contribution in [0.25, 0.3) is 0 Å². The monoisotopic (exact) mass is 316 g/mol. The Kier molecular flexibility index (Phi) is 7.03. The molecule has 0 unspecified atom stereocenters. The molecule has 0 aromatic heterocycles. The minimum absolute atomic E-state index is 0. The zero-order valence-corrected chi connectivity index (χ0v) is 10.6. The van der Waals surface area contributed by atoms with Crippen molar-refractivity contribution in [1.82, 2.24) is 0 Å². The van der Waals surface area contributed by atoms with Crippen molar-refractivity contribution in [1.29, 1.82) is 0 Å². The number of hydrogen-bond acceptors (Lipinski definition) is 0. The van der Waals surface area contributed by atoms with Gasteiger partial charge in [-0.15, -0.1) is 0 Å². The van der Waals surface area contributed by atoms with E-state index >= 15 is 0 Å². The molecule has 0 heterocycles. The predicted molar refractivity (Wildman–Crippen MR) is 41.0 cm³/mol. The molecule has 16 heavy (non-hydrogen) atoms. The number of benzene rings is 1. The van der Waals surface area contributed by atoms with Crippen molar-refractivity contribution in [3.8, 4) is 0 Å². The van der Waals surface area contributed by atoms with Crippen LogP contribution in [-0.4, -0.2) is 23.1 Å². The van der Waals surface area contributed by atoms with E-state index in [1.165, 1.54) is 6.07 Å². The Bertz CT molecular complexity index is 299. The van der Waals surface area contributed by atoms with E-state index in [2.05, 4.69) is 0 Å². The summed E-state index contributed by atoms with van der Waals surface area (Å²) < 4.78 is 72.3. The second-order valence-electron chi connectivity index (χ2n) is 2.45. The first-order chi connectivity index (χ1) is 6.23. The van der Waals surface area contributed by atoms with Gasteiger partial charge in [-0.1, -0.05) is 0 Å². The van der Waals surface area contributed by atoms with Gasteiger partial charge in [0.15, 0.2) is 0 Å². The molecule has 0 N–H and O–H groups in total. The van der Waals surface area contributed by atoms with Crippen LogP contribution in [0.15, 0.2) is 18.2 Å². The summed E-state index contributed by atoms with van der Waals surface area (Å²) >= 11 is 0. The van der Waals surface area contributed by atoms with Crippen LogP contribution in [0.3, 0.4) is 0 Å². The second-order valence-corrected chi connectivity index (χ2v) is 2.45. The standard InChI is InChI=1S/C8H3F6.BrH.Mg/c9-7(10,11)5-3-1-2-4-6(5)8(12,13)14;;/h1-3H;1H;/q-1;;+2/p-1. The van der Waals surface area contributed by atoms with Crippen molar-refractivity contribution in [2.45, 2.75) is 12.4 Å². The molecular weight excluding hydrogens is 314 g/mol. The van der Waals surface area contributed by atoms with E-state index in [0.717, 1.165) is 12.1 Å². The molecule has 8 heteroatoms. The van der Waals surface area contributed by atoms with Gasteiger partial charge in [0.1, 0.15) is 0 Å². The van der Waals surface area contributed by atoms with Crippen LogP contribution in [0.1, 0.15) is 11.1 Å². The number of rotatable bonds is 0. The summed E-state index contributed by atoms with van der Waals surface area (Å²) in [5, 5.41) is 0. The summed E-state index contributed by atoms with van der Waals surface area (Å²) in [4.78, 5) is 0. The van der Waals surface area contributed by atoms with E-state index in [1.807, 2.05) is 0 Å². The van der Waals surface area contributed by atoms with Gasteiger partial charge in [0.05, 0.1) is 0 Å². The SMILES string of the molecule is FC(F)(F)c1[c-]cccc1C(F)(F)F.[Br-].[Mg+2]. The number of halogens is 7. The van der Waals surface area contributed by atoms with Gasteiger partial charge in [-0.05, 0) is 11.1 Å². The Morgan fingerprint density at radius 2 is 1.44 bits per heavy atom. The Balaban J connectivity index is 0. The second kappa shape index (κ2) is 6.11. The molecule has 0 spiro atoms. The van der Waals surface area contributed by atoms with Gasteiger partial charge in [-0.2, -0.15) is 50.6 Å². The van der Waals surface area contributed by atoms with Crippen LogP contribution in [0, 0.1) is 6.07 Å². The summed E-state index contributed by atoms with van der Waals surface area (Å²) in [6.45, 7) is 0. The Morgan fingerprint density at radius 3 is 1.75 bits per heavy atom. The van der Waals surface area contributed by atoms with Crippen molar-refractivity contribution >= 4 is 23.1 Å². The third-order valence-electron chi connectivity index (χ3n) is 1.44. The fourth-order valence-corrected chi connectivity index (χ4v) is 0.908. The molecule has 0 aliphatic rings. The normalized spacial score (nSPS) is 11.4. The van der Waals surface area contributed by atoms with Crippen LogP contribution in [0.2, 0.25) is 0 Å². The van der Waals surface area contributed by atoms with E-state index in [9.17, 15) is 26.3 Å². The molecule has 1 aromatic carbocycles. The molecule has 0 aliphatic carbocycles. The predicted octanol–water partition coefficient (Wildman–Crippen LogP) is 0.148. The molecule has 0 fully saturated rings. The van der Waals surface area contributed by atoms with Gasteiger partial charge in [0.2, 0.25) is 0 Å². The molecule has 0 bridgehead atoms. The Morgan fingerprint density at radius 1 is 0.938 bits per heavy atom. The van der Waals surface area contributed by atoms with Crippen LogP contribution >= 0.6 is 0 Å². The minimum atomic E-state index is -5.04. The first-order valence-corrected chi connectivity index (χ1v) is 3.38. The molecular formula is C8H3BrF6Mg. The maximum Gasteiger partial charge on any atom is 2.00 e. The first-order valence-electron chi connectivity index (χ1n) is 3.38. The third-order valence-corrected chi connectivity index (χ3v) is 1.44. The maximum atomic E-state index is 12.1. The average Bonchev–Trinajstić information content (AvgIpc) is 2.01. The molecule has 0 saturated heterocycles. The van der Waals surface area contributed by atoms with E-state index in [-0.39, 0.29) is 40.0 Å². The van der Waals surface area contributed by atoms with E-state index in [1.54, 1.807) is 0 Å². The first kappa shape index (κ1) is 18.4. The van der Waals surface area contributed by atoms with Gasteiger partial charge in [-0.25, -0.2) is 0 Å². The average molecular weight is 317 g/mol. The van der Waals surface area contributed by atoms with Gasteiger partial charge >= 0.3 is 35.4 Å². The molecule has 0 amide bonds. The smallest absolute Gasteiger partial charge is 1.00 e. The maximum absolute atomic E-state index is 12.1. The van der Waals surface area contributed by atoms with Crippen LogP contribution < -0.4 is 17.0 Å². The van der Waals surface area contributed by atoms with Crippen molar-refractivity contribution in [2.24, 2.45) is 0 Å². The van der Waals surface area contributed by atoms with Gasteiger partial charge in [0, 0.05) is 0 Å². The Labute approximate surface area is 114 Å². The zero-order valence-electron chi connectivity index (χ0n) is 7.58. The van der Waals surface area contributed by atoms with Crippen molar-refractivity contribution in [3.63, 3.8) is 0 Å². The molecule has 1 rings (SSSR count). The molecule has 0 saturated carbocycles. The summed E-state index contributed by atoms with van der Waals surface area (Å²) in [6, 6.07) is 3.56. The molecule has 1 aromatic rings. The molecule has 86 valence electrons. The molecule has 0 aliphatic heterocycles. The van der Waals surface area contributed by atoms with E-state index in [0.29, 0.717) is 6.07 Å². The van der Waals surface area contributed by atoms with Gasteiger partial charge < -0.3 is 17.0 Å². The minimum Gasteiger partial charge on any atom is -1.00 e. The fourth-order valence-electron chi connectivity index (χ4n) is 0.908. The van der Waals surface area contributed by atoms with Crippen LogP contribution in [0.5, 0.6) is 0 Å². The van der Waals surface area contributed by atoms with Crippen LogP contribution in [0.4, 0.5) is 26.3 Å². The quantitative estimate of drug-likeness (QED) is 0.363. The zero-order chi connectivity index (χ0) is 11.0.